The molecule has 1 aliphatic rings. The molecule has 2 aromatic rings. The Kier molecular flexibility index (Phi) is 6.62. The summed E-state index contributed by atoms with van der Waals surface area (Å²) in [5.41, 5.74) is -0.651. The SMILES string of the molecule is CCOc1ccc(/C=C2/SC(=Nc3ccc(Cl)cc3C(F)(F)F)NC2=O)cc1OC. The molecular formula is C20H16ClF3N2O3S. The van der Waals surface area contributed by atoms with Gasteiger partial charge in [-0.05, 0) is 60.7 Å². The van der Waals surface area contributed by atoms with Crippen molar-refractivity contribution >= 4 is 46.2 Å². The molecule has 0 atom stereocenters. The number of nitrogens with zero attached hydrogens (tertiary/aromatic N) is 1. The first kappa shape index (κ1) is 22.0. The van der Waals surface area contributed by atoms with Crippen LogP contribution < -0.4 is 14.8 Å². The summed E-state index contributed by atoms with van der Waals surface area (Å²) in [5, 5.41) is 2.46. The lowest BCUT2D eigenvalue weighted by Crippen LogP contribution is -2.19. The molecule has 0 radical (unpaired) electrons. The topological polar surface area (TPSA) is 59.9 Å². The molecule has 1 N–H and O–H groups in total. The standard InChI is InChI=1S/C20H16ClF3N2O3S/c1-3-29-15-7-4-11(8-16(15)28-2)9-17-18(27)26-19(30-17)25-14-6-5-12(21)10-13(14)20(22,23)24/h4-10H,3H2,1-2H3,(H,25,26,27)/b17-9+. The highest BCUT2D eigenvalue weighted by Gasteiger charge is 2.34. The first-order valence-corrected chi connectivity index (χ1v) is 9.88. The Labute approximate surface area is 179 Å². The van der Waals surface area contributed by atoms with Crippen LogP contribution in [0.3, 0.4) is 0 Å². The second kappa shape index (κ2) is 9.01. The van der Waals surface area contributed by atoms with Crippen LogP contribution in [0.15, 0.2) is 46.3 Å². The molecule has 0 spiro atoms. The van der Waals surface area contributed by atoms with E-state index in [0.717, 1.165) is 23.9 Å². The summed E-state index contributed by atoms with van der Waals surface area (Å²) in [4.78, 5) is 16.5. The van der Waals surface area contributed by atoms with Crippen LogP contribution in [0.1, 0.15) is 18.1 Å². The number of amidine groups is 1. The first-order valence-electron chi connectivity index (χ1n) is 8.68. The highest BCUT2D eigenvalue weighted by Crippen LogP contribution is 2.39. The molecule has 1 amide bonds. The Hall–Kier alpha value is -2.65. The molecule has 3 rings (SSSR count). The van der Waals surface area contributed by atoms with Gasteiger partial charge < -0.3 is 14.8 Å². The molecule has 1 saturated heterocycles. The van der Waals surface area contributed by atoms with E-state index in [2.05, 4.69) is 10.3 Å². The number of carbonyl (C=O) groups is 1. The van der Waals surface area contributed by atoms with E-state index < -0.39 is 17.6 Å². The van der Waals surface area contributed by atoms with Gasteiger partial charge in [-0.3, -0.25) is 4.79 Å². The molecule has 10 heteroatoms. The lowest BCUT2D eigenvalue weighted by Gasteiger charge is -2.10. The predicted octanol–water partition coefficient (Wildman–Crippen LogP) is 5.66. The molecule has 0 unspecified atom stereocenters. The average Bonchev–Trinajstić information content (AvgIpc) is 3.02. The number of nitrogens with one attached hydrogen (secondary N) is 1. The van der Waals surface area contributed by atoms with E-state index in [1.54, 1.807) is 24.3 Å². The quantitative estimate of drug-likeness (QED) is 0.590. The first-order chi connectivity index (χ1) is 14.2. The van der Waals surface area contributed by atoms with Gasteiger partial charge in [-0.2, -0.15) is 13.2 Å². The molecule has 1 fully saturated rings. The second-order valence-corrected chi connectivity index (χ2v) is 7.45. The Morgan fingerprint density at radius 1 is 1.20 bits per heavy atom. The Balaban J connectivity index is 1.89. The van der Waals surface area contributed by atoms with Crippen molar-refractivity contribution < 1.29 is 27.4 Å². The summed E-state index contributed by atoms with van der Waals surface area (Å²) in [6, 6.07) is 8.41. The highest BCUT2D eigenvalue weighted by molar-refractivity contribution is 8.18. The van der Waals surface area contributed by atoms with E-state index in [9.17, 15) is 18.0 Å². The molecule has 0 aromatic heterocycles. The van der Waals surface area contributed by atoms with Crippen LogP contribution >= 0.6 is 23.4 Å². The van der Waals surface area contributed by atoms with Gasteiger partial charge in [-0.15, -0.1) is 0 Å². The molecule has 5 nitrogen and oxygen atoms in total. The van der Waals surface area contributed by atoms with Crippen LogP contribution in [0.4, 0.5) is 18.9 Å². The molecule has 30 heavy (non-hydrogen) atoms. The highest BCUT2D eigenvalue weighted by atomic mass is 35.5. The number of halogens is 4. The molecule has 158 valence electrons. The fourth-order valence-electron chi connectivity index (χ4n) is 2.62. The number of methoxy groups -OCH3 is 1. The van der Waals surface area contributed by atoms with Gasteiger partial charge in [0, 0.05) is 5.02 Å². The number of hydrogen-bond acceptors (Lipinski definition) is 5. The van der Waals surface area contributed by atoms with Gasteiger partial charge in [-0.25, -0.2) is 4.99 Å². The Morgan fingerprint density at radius 3 is 2.63 bits per heavy atom. The maximum absolute atomic E-state index is 13.2. The summed E-state index contributed by atoms with van der Waals surface area (Å²) in [7, 11) is 1.50. The zero-order chi connectivity index (χ0) is 21.9. The number of thioether (sulfide) groups is 1. The predicted molar refractivity (Wildman–Crippen MR) is 111 cm³/mol. The molecule has 1 aliphatic heterocycles. The normalized spacial score (nSPS) is 16.8. The average molecular weight is 457 g/mol. The van der Waals surface area contributed by atoms with E-state index in [-0.39, 0.29) is 20.8 Å². The van der Waals surface area contributed by atoms with Gasteiger partial charge in [0.15, 0.2) is 16.7 Å². The second-order valence-electron chi connectivity index (χ2n) is 5.98. The lowest BCUT2D eigenvalue weighted by molar-refractivity contribution is -0.137. The maximum Gasteiger partial charge on any atom is 0.418 e. The van der Waals surface area contributed by atoms with Crippen molar-refractivity contribution in [3.63, 3.8) is 0 Å². The van der Waals surface area contributed by atoms with Gasteiger partial charge in [0.25, 0.3) is 5.91 Å². The third kappa shape index (κ3) is 5.09. The summed E-state index contributed by atoms with van der Waals surface area (Å²) < 4.78 is 50.5. The number of ether oxygens (including phenoxy) is 2. The zero-order valence-corrected chi connectivity index (χ0v) is 17.4. The van der Waals surface area contributed by atoms with Gasteiger partial charge in [0.05, 0.1) is 29.9 Å². The number of carbonyl (C=O) groups excluding carboxylic acids is 1. The number of hydrogen-bond donors (Lipinski definition) is 1. The van der Waals surface area contributed by atoms with E-state index in [4.69, 9.17) is 21.1 Å². The Bertz CT molecular complexity index is 1040. The van der Waals surface area contributed by atoms with Crippen LogP contribution in [-0.2, 0) is 11.0 Å². The summed E-state index contributed by atoms with van der Waals surface area (Å²) in [6.45, 7) is 2.32. The van der Waals surface area contributed by atoms with Crippen molar-refractivity contribution in [2.24, 2.45) is 4.99 Å². The molecule has 0 saturated carbocycles. The van der Waals surface area contributed by atoms with Crippen LogP contribution in [0.5, 0.6) is 11.5 Å². The minimum atomic E-state index is -4.63. The van der Waals surface area contributed by atoms with E-state index in [1.807, 2.05) is 6.92 Å². The number of alkyl halides is 3. The van der Waals surface area contributed by atoms with Gasteiger partial charge in [0.2, 0.25) is 0 Å². The van der Waals surface area contributed by atoms with Crippen LogP contribution in [-0.4, -0.2) is 24.8 Å². The van der Waals surface area contributed by atoms with E-state index in [0.29, 0.717) is 23.7 Å². The Morgan fingerprint density at radius 2 is 1.97 bits per heavy atom. The molecule has 2 aromatic carbocycles. The minimum absolute atomic E-state index is 0.0389. The third-order valence-corrected chi connectivity index (χ3v) is 5.07. The summed E-state index contributed by atoms with van der Waals surface area (Å²) in [6.07, 6.45) is -3.04. The van der Waals surface area contributed by atoms with Crippen molar-refractivity contribution in [2.45, 2.75) is 13.1 Å². The molecular weight excluding hydrogens is 441 g/mol. The fraction of sp³-hybridized carbons (Fsp3) is 0.200. The number of benzene rings is 2. The van der Waals surface area contributed by atoms with E-state index >= 15 is 0 Å². The van der Waals surface area contributed by atoms with Crippen molar-refractivity contribution in [1.82, 2.24) is 5.32 Å². The third-order valence-electron chi connectivity index (χ3n) is 3.92. The van der Waals surface area contributed by atoms with Crippen LogP contribution in [0.2, 0.25) is 5.02 Å². The number of rotatable bonds is 5. The van der Waals surface area contributed by atoms with E-state index in [1.165, 1.54) is 13.2 Å². The fourth-order valence-corrected chi connectivity index (χ4v) is 3.63. The minimum Gasteiger partial charge on any atom is -0.493 e. The molecule has 0 aliphatic carbocycles. The van der Waals surface area contributed by atoms with Crippen molar-refractivity contribution in [1.29, 1.82) is 0 Å². The van der Waals surface area contributed by atoms with Crippen LogP contribution in [0.25, 0.3) is 6.08 Å². The zero-order valence-electron chi connectivity index (χ0n) is 15.8. The molecule has 0 bridgehead atoms. The maximum atomic E-state index is 13.2. The van der Waals surface area contributed by atoms with Gasteiger partial charge >= 0.3 is 6.18 Å². The van der Waals surface area contributed by atoms with Gasteiger partial charge in [0.1, 0.15) is 0 Å². The summed E-state index contributed by atoms with van der Waals surface area (Å²) >= 11 is 6.62. The van der Waals surface area contributed by atoms with Gasteiger partial charge in [-0.1, -0.05) is 17.7 Å². The lowest BCUT2D eigenvalue weighted by atomic mass is 10.2. The van der Waals surface area contributed by atoms with Crippen molar-refractivity contribution in [2.75, 3.05) is 13.7 Å². The number of aliphatic imine (C=N–C) groups is 1. The van der Waals surface area contributed by atoms with Crippen molar-refractivity contribution in [3.05, 3.63) is 57.5 Å². The monoisotopic (exact) mass is 456 g/mol. The largest absolute Gasteiger partial charge is 0.493 e. The smallest absolute Gasteiger partial charge is 0.418 e. The summed E-state index contributed by atoms with van der Waals surface area (Å²) in [5.74, 6) is 0.601. The number of amides is 1. The molecule has 1 heterocycles. The van der Waals surface area contributed by atoms with Crippen molar-refractivity contribution in [3.8, 4) is 11.5 Å². The van der Waals surface area contributed by atoms with Crippen LogP contribution in [0, 0.1) is 0 Å².